The molecule has 2 aromatic rings. The molecule has 4 heteroatoms. The molecule has 1 atom stereocenters. The fourth-order valence-electron chi connectivity index (χ4n) is 4.70. The first-order valence-corrected chi connectivity index (χ1v) is 11.7. The van der Waals surface area contributed by atoms with Gasteiger partial charge in [-0.2, -0.15) is 0 Å². The molecule has 1 aliphatic rings. The van der Waals surface area contributed by atoms with Crippen LogP contribution in [0.3, 0.4) is 0 Å². The highest BCUT2D eigenvalue weighted by Crippen LogP contribution is 2.42. The molecule has 0 spiro atoms. The third-order valence-electron chi connectivity index (χ3n) is 6.89. The fourth-order valence-corrected chi connectivity index (χ4v) is 4.70. The standard InChI is InChI=1S/C28H36N2O2/c1-7-28(8-2,9-3)26(32)29-23-18-14-13-17-21(23)22-19-24(20-15-11-10-12-16-20)30(25(22)31)27(4,5)6/h10-19,24H,7-9H2,1-6H3,(H,29,32). The van der Waals surface area contributed by atoms with Gasteiger partial charge in [0, 0.05) is 27.8 Å². The van der Waals surface area contributed by atoms with E-state index >= 15 is 0 Å². The average molecular weight is 433 g/mol. The molecule has 1 N–H and O–H groups in total. The molecule has 0 radical (unpaired) electrons. The smallest absolute Gasteiger partial charge is 0.255 e. The van der Waals surface area contributed by atoms with Crippen molar-refractivity contribution < 1.29 is 9.59 Å². The van der Waals surface area contributed by atoms with Gasteiger partial charge in [0.05, 0.1) is 6.04 Å². The van der Waals surface area contributed by atoms with Gasteiger partial charge in [0.1, 0.15) is 0 Å². The molecule has 32 heavy (non-hydrogen) atoms. The van der Waals surface area contributed by atoms with Gasteiger partial charge in [-0.3, -0.25) is 9.59 Å². The van der Waals surface area contributed by atoms with E-state index in [0.717, 1.165) is 30.4 Å². The van der Waals surface area contributed by atoms with Crippen molar-refractivity contribution in [2.24, 2.45) is 5.41 Å². The van der Waals surface area contributed by atoms with Crippen LogP contribution < -0.4 is 5.32 Å². The number of rotatable bonds is 7. The van der Waals surface area contributed by atoms with Gasteiger partial charge in [-0.25, -0.2) is 0 Å². The summed E-state index contributed by atoms with van der Waals surface area (Å²) >= 11 is 0. The number of amides is 2. The van der Waals surface area contributed by atoms with Crippen LogP contribution in [0.1, 0.15) is 78.0 Å². The molecule has 0 saturated heterocycles. The lowest BCUT2D eigenvalue weighted by atomic mass is 9.79. The van der Waals surface area contributed by atoms with Gasteiger partial charge < -0.3 is 10.2 Å². The van der Waals surface area contributed by atoms with E-state index in [1.54, 1.807) is 0 Å². The van der Waals surface area contributed by atoms with E-state index < -0.39 is 5.41 Å². The third-order valence-corrected chi connectivity index (χ3v) is 6.89. The van der Waals surface area contributed by atoms with E-state index in [9.17, 15) is 9.59 Å². The van der Waals surface area contributed by atoms with Crippen molar-refractivity contribution in [3.05, 3.63) is 71.8 Å². The number of carbonyl (C=O) groups is 2. The maximum absolute atomic E-state index is 13.7. The Balaban J connectivity index is 2.05. The predicted molar refractivity (Wildman–Crippen MR) is 132 cm³/mol. The van der Waals surface area contributed by atoms with Gasteiger partial charge in [0.25, 0.3) is 5.91 Å². The van der Waals surface area contributed by atoms with Crippen molar-refractivity contribution in [1.82, 2.24) is 4.90 Å². The molecule has 0 saturated carbocycles. The number of hydrogen-bond acceptors (Lipinski definition) is 2. The summed E-state index contributed by atoms with van der Waals surface area (Å²) in [6, 6.07) is 17.6. The zero-order valence-electron chi connectivity index (χ0n) is 20.2. The number of para-hydroxylation sites is 1. The maximum Gasteiger partial charge on any atom is 0.255 e. The van der Waals surface area contributed by atoms with Crippen molar-refractivity contribution in [3.63, 3.8) is 0 Å². The van der Waals surface area contributed by atoms with E-state index in [1.165, 1.54) is 0 Å². The van der Waals surface area contributed by atoms with E-state index in [0.29, 0.717) is 11.3 Å². The van der Waals surface area contributed by atoms with Gasteiger partial charge in [0.2, 0.25) is 5.91 Å². The van der Waals surface area contributed by atoms with Gasteiger partial charge in [-0.05, 0) is 57.7 Å². The first kappa shape index (κ1) is 23.8. The Labute approximate surface area is 192 Å². The van der Waals surface area contributed by atoms with Crippen molar-refractivity contribution in [1.29, 1.82) is 0 Å². The molecule has 2 amide bonds. The highest BCUT2D eigenvalue weighted by atomic mass is 16.2. The summed E-state index contributed by atoms with van der Waals surface area (Å²) in [6.07, 6.45) is 4.39. The van der Waals surface area contributed by atoms with Crippen molar-refractivity contribution in [2.75, 3.05) is 5.32 Å². The number of anilines is 1. The minimum atomic E-state index is -0.398. The summed E-state index contributed by atoms with van der Waals surface area (Å²) in [5.74, 6) is 0.0107. The lowest BCUT2D eigenvalue weighted by Crippen LogP contribution is -2.44. The molecule has 1 unspecified atom stereocenters. The Bertz CT molecular complexity index is 989. The molecule has 1 aliphatic heterocycles. The number of benzene rings is 2. The summed E-state index contributed by atoms with van der Waals surface area (Å²) in [5.41, 5.74) is 2.44. The zero-order chi connectivity index (χ0) is 23.5. The summed E-state index contributed by atoms with van der Waals surface area (Å²) in [6.45, 7) is 12.4. The van der Waals surface area contributed by atoms with Crippen LogP contribution in [0.15, 0.2) is 60.7 Å². The molecule has 0 fully saturated rings. The first-order chi connectivity index (χ1) is 15.2. The van der Waals surface area contributed by atoms with E-state index in [4.69, 9.17) is 0 Å². The zero-order valence-corrected chi connectivity index (χ0v) is 20.2. The minimum Gasteiger partial charge on any atom is -0.325 e. The Morgan fingerprint density at radius 3 is 2.03 bits per heavy atom. The average Bonchev–Trinajstić information content (AvgIpc) is 3.14. The summed E-state index contributed by atoms with van der Waals surface area (Å²) in [5, 5.41) is 3.16. The van der Waals surface area contributed by atoms with Crippen LogP contribution in [-0.2, 0) is 9.59 Å². The molecule has 170 valence electrons. The number of nitrogens with one attached hydrogen (secondary N) is 1. The van der Waals surface area contributed by atoms with Crippen molar-refractivity contribution in [2.45, 2.75) is 72.4 Å². The lowest BCUT2D eigenvalue weighted by Gasteiger charge is -2.37. The van der Waals surface area contributed by atoms with Crippen LogP contribution in [0.4, 0.5) is 5.69 Å². The summed E-state index contributed by atoms with van der Waals surface area (Å²) in [7, 11) is 0. The maximum atomic E-state index is 13.7. The lowest BCUT2D eigenvalue weighted by molar-refractivity contribution is -0.130. The molecule has 0 bridgehead atoms. The Morgan fingerprint density at radius 2 is 1.47 bits per heavy atom. The molecule has 1 heterocycles. The van der Waals surface area contributed by atoms with Crippen LogP contribution in [-0.4, -0.2) is 22.3 Å². The largest absolute Gasteiger partial charge is 0.325 e. The highest BCUT2D eigenvalue weighted by molar-refractivity contribution is 6.24. The van der Waals surface area contributed by atoms with Gasteiger partial charge in [-0.15, -0.1) is 0 Å². The minimum absolute atomic E-state index is 0.0132. The summed E-state index contributed by atoms with van der Waals surface area (Å²) in [4.78, 5) is 28.9. The SMILES string of the molecule is CCC(CC)(CC)C(=O)Nc1ccccc1C1=CC(c2ccccc2)N(C(C)(C)C)C1=O. The number of carbonyl (C=O) groups excluding carboxylic acids is 2. The van der Waals surface area contributed by atoms with Crippen LogP contribution in [0.25, 0.3) is 5.57 Å². The molecule has 3 rings (SSSR count). The number of hydrogen-bond donors (Lipinski definition) is 1. The second-order valence-corrected chi connectivity index (χ2v) is 9.62. The van der Waals surface area contributed by atoms with Crippen LogP contribution in [0.2, 0.25) is 0 Å². The predicted octanol–water partition coefficient (Wildman–Crippen LogP) is 6.61. The Hall–Kier alpha value is -2.88. The molecule has 0 aromatic heterocycles. The fraction of sp³-hybridized carbons (Fsp3) is 0.429. The van der Waals surface area contributed by atoms with Gasteiger partial charge >= 0.3 is 0 Å². The van der Waals surface area contributed by atoms with E-state index in [2.05, 4.69) is 59.0 Å². The normalized spacial score (nSPS) is 16.8. The Kier molecular flexibility index (Phi) is 6.92. The number of nitrogens with zero attached hydrogens (tertiary/aromatic N) is 1. The summed E-state index contributed by atoms with van der Waals surface area (Å²) < 4.78 is 0. The van der Waals surface area contributed by atoms with Gasteiger partial charge in [-0.1, -0.05) is 69.3 Å². The first-order valence-electron chi connectivity index (χ1n) is 11.7. The molecular weight excluding hydrogens is 396 g/mol. The van der Waals surface area contributed by atoms with Crippen LogP contribution in [0.5, 0.6) is 0 Å². The molecular formula is C28H36N2O2. The van der Waals surface area contributed by atoms with Gasteiger partial charge in [0.15, 0.2) is 0 Å². The monoisotopic (exact) mass is 432 g/mol. The molecule has 4 nitrogen and oxygen atoms in total. The second kappa shape index (κ2) is 9.32. The van der Waals surface area contributed by atoms with E-state index in [1.807, 2.05) is 53.4 Å². The quantitative estimate of drug-likeness (QED) is 0.535. The van der Waals surface area contributed by atoms with Crippen molar-refractivity contribution >= 4 is 23.1 Å². The van der Waals surface area contributed by atoms with E-state index in [-0.39, 0.29) is 23.4 Å². The Morgan fingerprint density at radius 1 is 0.906 bits per heavy atom. The second-order valence-electron chi connectivity index (χ2n) is 9.62. The highest BCUT2D eigenvalue weighted by Gasteiger charge is 2.41. The molecule has 0 aliphatic carbocycles. The van der Waals surface area contributed by atoms with Crippen LogP contribution in [0, 0.1) is 5.41 Å². The topological polar surface area (TPSA) is 49.4 Å². The van der Waals surface area contributed by atoms with Crippen molar-refractivity contribution in [3.8, 4) is 0 Å². The van der Waals surface area contributed by atoms with Crippen LogP contribution >= 0.6 is 0 Å². The molecule has 2 aromatic carbocycles. The third kappa shape index (κ3) is 4.36.